The second kappa shape index (κ2) is 4.77. The number of nitrogens with zero attached hydrogens (tertiary/aromatic N) is 1. The van der Waals surface area contributed by atoms with Crippen LogP contribution in [0, 0.1) is 0 Å². The number of hydrogen-bond acceptors (Lipinski definition) is 4. The first kappa shape index (κ1) is 12.3. The van der Waals surface area contributed by atoms with Gasteiger partial charge in [-0.05, 0) is 24.4 Å². The minimum Gasteiger partial charge on any atom is -0.462 e. The SMILES string of the molecule is CCOC(=O)c1cc2c(C=O)[nH]nc3ccccc1c32. The van der Waals surface area contributed by atoms with E-state index < -0.39 is 5.97 Å². The molecule has 0 aliphatic heterocycles. The van der Waals surface area contributed by atoms with Crippen LogP contribution in [0.3, 0.4) is 0 Å². The molecule has 0 amide bonds. The fourth-order valence-corrected chi connectivity index (χ4v) is 2.36. The van der Waals surface area contributed by atoms with Gasteiger partial charge in [0.05, 0.1) is 17.7 Å². The van der Waals surface area contributed by atoms with E-state index in [1.807, 2.05) is 24.3 Å². The number of rotatable bonds is 3. The molecule has 1 aromatic heterocycles. The second-order valence-electron chi connectivity index (χ2n) is 4.34. The molecule has 0 saturated heterocycles. The lowest BCUT2D eigenvalue weighted by atomic mass is 10.2. The molecule has 0 fully saturated rings. The Hall–Kier alpha value is -2.69. The molecule has 0 unspecified atom stereocenters. The van der Waals surface area contributed by atoms with Crippen LogP contribution in [-0.4, -0.2) is 29.1 Å². The van der Waals surface area contributed by atoms with Crippen molar-refractivity contribution >= 4 is 33.9 Å². The lowest BCUT2D eigenvalue weighted by molar-refractivity contribution is 0.0529. The van der Waals surface area contributed by atoms with Crippen molar-refractivity contribution in [2.75, 3.05) is 6.61 Å². The van der Waals surface area contributed by atoms with Gasteiger partial charge >= 0.3 is 5.97 Å². The van der Waals surface area contributed by atoms with Crippen molar-refractivity contribution in [2.24, 2.45) is 0 Å². The van der Waals surface area contributed by atoms with E-state index in [-0.39, 0.29) is 0 Å². The molecule has 20 heavy (non-hydrogen) atoms. The zero-order valence-electron chi connectivity index (χ0n) is 10.8. The molecule has 1 heterocycles. The maximum atomic E-state index is 12.0. The Morgan fingerprint density at radius 2 is 2.15 bits per heavy atom. The van der Waals surface area contributed by atoms with Gasteiger partial charge in [-0.15, -0.1) is 0 Å². The van der Waals surface area contributed by atoms with Gasteiger partial charge in [-0.3, -0.25) is 9.89 Å². The van der Waals surface area contributed by atoms with Crippen LogP contribution in [0.2, 0.25) is 0 Å². The maximum Gasteiger partial charge on any atom is 0.338 e. The highest BCUT2D eigenvalue weighted by Crippen LogP contribution is 2.31. The number of esters is 1. The van der Waals surface area contributed by atoms with E-state index in [9.17, 15) is 9.59 Å². The Morgan fingerprint density at radius 1 is 1.35 bits per heavy atom. The van der Waals surface area contributed by atoms with Gasteiger partial charge in [0.2, 0.25) is 0 Å². The third-order valence-corrected chi connectivity index (χ3v) is 3.20. The maximum absolute atomic E-state index is 12.0. The molecule has 5 heteroatoms. The van der Waals surface area contributed by atoms with E-state index in [0.29, 0.717) is 35.1 Å². The van der Waals surface area contributed by atoms with E-state index in [1.54, 1.807) is 13.0 Å². The molecule has 1 N–H and O–H groups in total. The number of nitrogens with one attached hydrogen (secondary N) is 1. The zero-order valence-corrected chi connectivity index (χ0v) is 10.8. The lowest BCUT2D eigenvalue weighted by Gasteiger charge is -1.99. The summed E-state index contributed by atoms with van der Waals surface area (Å²) >= 11 is 0. The highest BCUT2D eigenvalue weighted by atomic mass is 16.5. The molecule has 3 rings (SSSR count). The van der Waals surface area contributed by atoms with Crippen LogP contribution >= 0.6 is 0 Å². The number of hydrogen-bond donors (Lipinski definition) is 1. The molecule has 0 atom stereocenters. The Morgan fingerprint density at radius 3 is 2.90 bits per heavy atom. The van der Waals surface area contributed by atoms with Crippen molar-refractivity contribution in [1.82, 2.24) is 10.2 Å². The molecule has 3 aromatic rings. The first-order valence-corrected chi connectivity index (χ1v) is 6.28. The van der Waals surface area contributed by atoms with Crippen molar-refractivity contribution in [2.45, 2.75) is 6.92 Å². The Balaban J connectivity index is 2.44. The number of aromatic amines is 1. The van der Waals surface area contributed by atoms with E-state index >= 15 is 0 Å². The third kappa shape index (κ3) is 1.75. The summed E-state index contributed by atoms with van der Waals surface area (Å²) in [7, 11) is 0. The predicted octanol–water partition coefficient (Wildman–Crippen LogP) is 2.71. The number of aldehydes is 1. The molecular formula is C15H12N2O3. The monoisotopic (exact) mass is 268 g/mol. The minimum atomic E-state index is -0.395. The molecule has 0 aliphatic rings. The number of carbonyl (C=O) groups is 2. The number of carbonyl (C=O) groups excluding carboxylic acids is 2. The van der Waals surface area contributed by atoms with Gasteiger partial charge in [-0.2, -0.15) is 5.10 Å². The third-order valence-electron chi connectivity index (χ3n) is 3.20. The van der Waals surface area contributed by atoms with Gasteiger partial charge in [0, 0.05) is 10.8 Å². The van der Waals surface area contributed by atoms with Gasteiger partial charge in [-0.1, -0.05) is 18.2 Å². The quantitative estimate of drug-likeness (QED) is 0.585. The van der Waals surface area contributed by atoms with Gasteiger partial charge in [0.15, 0.2) is 6.29 Å². The first-order chi connectivity index (χ1) is 9.76. The van der Waals surface area contributed by atoms with Crippen molar-refractivity contribution in [3.63, 3.8) is 0 Å². The number of aromatic nitrogens is 2. The molecule has 5 nitrogen and oxygen atoms in total. The van der Waals surface area contributed by atoms with Crippen LogP contribution in [-0.2, 0) is 4.74 Å². The topological polar surface area (TPSA) is 72.1 Å². The number of ether oxygens (including phenoxy) is 1. The molecule has 2 aromatic carbocycles. The second-order valence-corrected chi connectivity index (χ2v) is 4.34. The van der Waals surface area contributed by atoms with Crippen LogP contribution in [0.15, 0.2) is 30.3 Å². The lowest BCUT2D eigenvalue weighted by Crippen LogP contribution is -2.03. The first-order valence-electron chi connectivity index (χ1n) is 6.28. The highest BCUT2D eigenvalue weighted by molar-refractivity contribution is 6.20. The van der Waals surface area contributed by atoms with Gasteiger partial charge in [0.25, 0.3) is 0 Å². The van der Waals surface area contributed by atoms with Crippen molar-refractivity contribution < 1.29 is 14.3 Å². The summed E-state index contributed by atoms with van der Waals surface area (Å²) in [4.78, 5) is 23.2. The molecule has 0 aliphatic carbocycles. The molecule has 100 valence electrons. The van der Waals surface area contributed by atoms with Crippen LogP contribution in [0.1, 0.15) is 27.8 Å². The standard InChI is InChI=1S/C15H12N2O3/c1-2-20-15(19)10-7-11-13(8-18)17-16-12-6-4-3-5-9(10)14(11)12/h3-8,17H,2H2,1H3. The normalized spacial score (nSPS) is 10.8. The summed E-state index contributed by atoms with van der Waals surface area (Å²) in [5, 5.41) is 9.07. The summed E-state index contributed by atoms with van der Waals surface area (Å²) in [6.07, 6.45) is 0.698. The summed E-state index contributed by atoms with van der Waals surface area (Å²) in [6, 6.07) is 9.01. The molecule has 0 spiro atoms. The average Bonchev–Trinajstić information content (AvgIpc) is 2.70. The fraction of sp³-hybridized carbons (Fsp3) is 0.133. The van der Waals surface area contributed by atoms with Crippen LogP contribution < -0.4 is 0 Å². The van der Waals surface area contributed by atoms with Gasteiger partial charge in [0.1, 0.15) is 5.69 Å². The summed E-state index contributed by atoms with van der Waals surface area (Å²) in [5.74, 6) is -0.395. The molecule has 0 bridgehead atoms. The van der Waals surface area contributed by atoms with E-state index in [2.05, 4.69) is 10.2 Å². The minimum absolute atomic E-state index is 0.305. The van der Waals surface area contributed by atoms with Gasteiger partial charge in [-0.25, -0.2) is 4.79 Å². The molecular weight excluding hydrogens is 256 g/mol. The van der Waals surface area contributed by atoms with Crippen LogP contribution in [0.25, 0.3) is 21.7 Å². The smallest absolute Gasteiger partial charge is 0.338 e. The summed E-state index contributed by atoms with van der Waals surface area (Å²) < 4.78 is 5.07. The zero-order chi connectivity index (χ0) is 14.1. The summed E-state index contributed by atoms with van der Waals surface area (Å²) in [5.41, 5.74) is 1.50. The van der Waals surface area contributed by atoms with Crippen LogP contribution in [0.4, 0.5) is 0 Å². The van der Waals surface area contributed by atoms with E-state index in [0.717, 1.165) is 10.8 Å². The van der Waals surface area contributed by atoms with Crippen molar-refractivity contribution in [1.29, 1.82) is 0 Å². The summed E-state index contributed by atoms with van der Waals surface area (Å²) in [6.45, 7) is 2.06. The van der Waals surface area contributed by atoms with Crippen molar-refractivity contribution in [3.05, 3.63) is 41.6 Å². The predicted molar refractivity (Wildman–Crippen MR) is 74.9 cm³/mol. The molecule has 0 saturated carbocycles. The van der Waals surface area contributed by atoms with Crippen molar-refractivity contribution in [3.8, 4) is 0 Å². The van der Waals surface area contributed by atoms with Gasteiger partial charge < -0.3 is 4.74 Å². The number of H-pyrrole nitrogens is 1. The van der Waals surface area contributed by atoms with E-state index in [1.165, 1.54) is 0 Å². The average molecular weight is 268 g/mol. The Kier molecular flexibility index (Phi) is 2.95. The van der Waals surface area contributed by atoms with Crippen LogP contribution in [0.5, 0.6) is 0 Å². The Bertz CT molecular complexity index is 820. The Labute approximate surface area is 114 Å². The highest BCUT2D eigenvalue weighted by Gasteiger charge is 2.18. The molecule has 0 radical (unpaired) electrons. The largest absolute Gasteiger partial charge is 0.462 e. The fourth-order valence-electron chi connectivity index (χ4n) is 2.36. The van der Waals surface area contributed by atoms with E-state index in [4.69, 9.17) is 4.74 Å².